The van der Waals surface area contributed by atoms with E-state index in [1.807, 2.05) is 0 Å². The highest BCUT2D eigenvalue weighted by molar-refractivity contribution is 7.89. The van der Waals surface area contributed by atoms with Crippen LogP contribution in [0.4, 0.5) is 5.82 Å². The lowest BCUT2D eigenvalue weighted by Gasteiger charge is -2.17. The second kappa shape index (κ2) is 7.45. The maximum atomic E-state index is 12.2. The molecule has 1 aromatic carbocycles. The minimum atomic E-state index is -3.67. The summed E-state index contributed by atoms with van der Waals surface area (Å²) in [5, 5.41) is 3.77. The second-order valence-corrected chi connectivity index (χ2v) is 6.81. The number of carbonyl (C=O) groups excluding carboxylic acids is 1. The van der Waals surface area contributed by atoms with E-state index in [-0.39, 0.29) is 23.9 Å². The molecule has 9 heteroatoms. The van der Waals surface area contributed by atoms with Crippen molar-refractivity contribution in [2.75, 3.05) is 25.1 Å². The summed E-state index contributed by atoms with van der Waals surface area (Å²) < 4.78 is 36.9. The van der Waals surface area contributed by atoms with E-state index in [4.69, 9.17) is 9.26 Å². The van der Waals surface area contributed by atoms with Crippen LogP contribution in [0.3, 0.4) is 0 Å². The van der Waals surface area contributed by atoms with Crippen LogP contribution < -0.4 is 14.4 Å². The zero-order chi connectivity index (χ0) is 17.7. The van der Waals surface area contributed by atoms with Crippen molar-refractivity contribution in [3.05, 3.63) is 36.1 Å². The third-order valence-corrected chi connectivity index (χ3v) is 4.75. The monoisotopic (exact) mass is 353 g/mol. The Bertz CT molecular complexity index is 799. The Hall–Kier alpha value is -2.39. The summed E-state index contributed by atoms with van der Waals surface area (Å²) in [5.74, 6) is 1.23. The molecule has 0 unspecified atom stereocenters. The van der Waals surface area contributed by atoms with Crippen molar-refractivity contribution in [1.82, 2.24) is 9.88 Å². The second-order valence-electron chi connectivity index (χ2n) is 5.04. The van der Waals surface area contributed by atoms with Crippen molar-refractivity contribution in [2.45, 2.75) is 18.7 Å². The van der Waals surface area contributed by atoms with Gasteiger partial charge < -0.3 is 9.26 Å². The Kier molecular flexibility index (Phi) is 5.58. The van der Waals surface area contributed by atoms with E-state index >= 15 is 0 Å². The lowest BCUT2D eigenvalue weighted by atomic mass is 10.3. The summed E-state index contributed by atoms with van der Waals surface area (Å²) in [6.07, 6.45) is 0. The summed E-state index contributed by atoms with van der Waals surface area (Å²) >= 11 is 0. The van der Waals surface area contributed by atoms with Crippen LogP contribution >= 0.6 is 0 Å². The van der Waals surface area contributed by atoms with E-state index < -0.39 is 10.0 Å². The van der Waals surface area contributed by atoms with Gasteiger partial charge in [0, 0.05) is 26.1 Å². The Morgan fingerprint density at radius 1 is 1.33 bits per heavy atom. The SMILES string of the molecule is COc1ccc(S(=O)(=O)NCCN(C(C)=O)c2cc(C)on2)cc1. The minimum absolute atomic E-state index is 0.0415. The van der Waals surface area contributed by atoms with Crippen molar-refractivity contribution in [3.8, 4) is 5.75 Å². The van der Waals surface area contributed by atoms with Crippen LogP contribution in [-0.4, -0.2) is 39.7 Å². The first-order chi connectivity index (χ1) is 11.3. The molecule has 0 atom stereocenters. The number of rotatable bonds is 7. The molecule has 0 bridgehead atoms. The topological polar surface area (TPSA) is 102 Å². The summed E-state index contributed by atoms with van der Waals surface area (Å²) in [5.41, 5.74) is 0. The van der Waals surface area contributed by atoms with Crippen LogP contribution in [0.1, 0.15) is 12.7 Å². The first-order valence-corrected chi connectivity index (χ1v) is 8.67. The summed E-state index contributed by atoms with van der Waals surface area (Å²) in [6, 6.07) is 7.64. The van der Waals surface area contributed by atoms with Crippen molar-refractivity contribution >= 4 is 21.7 Å². The number of amides is 1. The summed E-state index contributed by atoms with van der Waals surface area (Å²) in [6.45, 7) is 3.26. The molecule has 0 saturated heterocycles. The number of hydrogen-bond acceptors (Lipinski definition) is 6. The molecule has 2 rings (SSSR count). The molecule has 1 aromatic heterocycles. The Morgan fingerprint density at radius 2 is 2.00 bits per heavy atom. The molecule has 0 saturated carbocycles. The molecule has 1 N–H and O–H groups in total. The van der Waals surface area contributed by atoms with Gasteiger partial charge in [0.15, 0.2) is 5.82 Å². The number of sulfonamides is 1. The predicted molar refractivity (Wildman–Crippen MR) is 87.4 cm³/mol. The average Bonchev–Trinajstić information content (AvgIpc) is 2.97. The highest BCUT2D eigenvalue weighted by atomic mass is 32.2. The van der Waals surface area contributed by atoms with E-state index in [0.29, 0.717) is 17.3 Å². The van der Waals surface area contributed by atoms with Crippen molar-refractivity contribution in [3.63, 3.8) is 0 Å². The van der Waals surface area contributed by atoms with E-state index in [1.54, 1.807) is 25.1 Å². The van der Waals surface area contributed by atoms with Gasteiger partial charge in [-0.25, -0.2) is 13.1 Å². The summed E-state index contributed by atoms with van der Waals surface area (Å²) in [4.78, 5) is 13.2. The fourth-order valence-corrected chi connectivity index (χ4v) is 3.06. The molecule has 24 heavy (non-hydrogen) atoms. The molecule has 0 radical (unpaired) electrons. The molecule has 1 heterocycles. The maximum Gasteiger partial charge on any atom is 0.240 e. The number of nitrogens with zero attached hydrogens (tertiary/aromatic N) is 2. The highest BCUT2D eigenvalue weighted by Gasteiger charge is 2.18. The first kappa shape index (κ1) is 18.0. The van der Waals surface area contributed by atoms with Gasteiger partial charge in [-0.2, -0.15) is 0 Å². The quantitative estimate of drug-likeness (QED) is 0.805. The summed E-state index contributed by atoms with van der Waals surface area (Å²) in [7, 11) is -2.17. The number of hydrogen-bond donors (Lipinski definition) is 1. The normalized spacial score (nSPS) is 11.3. The fourth-order valence-electron chi connectivity index (χ4n) is 2.04. The van der Waals surface area contributed by atoms with E-state index in [0.717, 1.165) is 0 Å². The van der Waals surface area contributed by atoms with Gasteiger partial charge in [-0.05, 0) is 31.2 Å². The van der Waals surface area contributed by atoms with Gasteiger partial charge in [0.2, 0.25) is 15.9 Å². The van der Waals surface area contributed by atoms with Crippen molar-refractivity contribution < 1.29 is 22.5 Å². The zero-order valence-corrected chi connectivity index (χ0v) is 14.5. The number of benzene rings is 1. The Morgan fingerprint density at radius 3 is 2.50 bits per heavy atom. The lowest BCUT2D eigenvalue weighted by molar-refractivity contribution is -0.116. The van der Waals surface area contributed by atoms with Crippen molar-refractivity contribution in [1.29, 1.82) is 0 Å². The van der Waals surface area contributed by atoms with E-state index in [9.17, 15) is 13.2 Å². The van der Waals surface area contributed by atoms with Crippen LogP contribution in [0.25, 0.3) is 0 Å². The van der Waals surface area contributed by atoms with Gasteiger partial charge in [0.05, 0.1) is 12.0 Å². The van der Waals surface area contributed by atoms with Crippen LogP contribution in [-0.2, 0) is 14.8 Å². The third kappa shape index (κ3) is 4.33. The Labute approximate surface area is 140 Å². The highest BCUT2D eigenvalue weighted by Crippen LogP contribution is 2.16. The van der Waals surface area contributed by atoms with Crippen LogP contribution in [0, 0.1) is 6.92 Å². The molecule has 0 aliphatic heterocycles. The smallest absolute Gasteiger partial charge is 0.240 e. The number of aromatic nitrogens is 1. The van der Waals surface area contributed by atoms with E-state index in [2.05, 4.69) is 9.88 Å². The van der Waals surface area contributed by atoms with Crippen LogP contribution in [0.15, 0.2) is 39.8 Å². The molecular weight excluding hydrogens is 334 g/mol. The average molecular weight is 353 g/mol. The van der Waals surface area contributed by atoms with Gasteiger partial charge >= 0.3 is 0 Å². The number of ether oxygens (including phenoxy) is 1. The molecule has 0 aliphatic rings. The van der Waals surface area contributed by atoms with Gasteiger partial charge in [-0.15, -0.1) is 0 Å². The Balaban J connectivity index is 2.01. The van der Waals surface area contributed by atoms with E-state index in [1.165, 1.54) is 31.1 Å². The molecular formula is C15H19N3O5S. The predicted octanol–water partition coefficient (Wildman–Crippen LogP) is 1.32. The molecule has 0 spiro atoms. The maximum absolute atomic E-state index is 12.2. The van der Waals surface area contributed by atoms with Gasteiger partial charge in [-0.3, -0.25) is 9.69 Å². The van der Waals surface area contributed by atoms with Gasteiger partial charge in [-0.1, -0.05) is 5.16 Å². The van der Waals surface area contributed by atoms with Gasteiger partial charge in [0.1, 0.15) is 11.5 Å². The standard InChI is InChI=1S/C15H19N3O5S/c1-11-10-15(17-23-11)18(12(2)19)9-8-16-24(20,21)14-6-4-13(22-3)5-7-14/h4-7,10,16H,8-9H2,1-3H3. The first-order valence-electron chi connectivity index (χ1n) is 7.18. The molecule has 0 fully saturated rings. The van der Waals surface area contributed by atoms with Crippen molar-refractivity contribution in [2.24, 2.45) is 0 Å². The largest absolute Gasteiger partial charge is 0.497 e. The number of carbonyl (C=O) groups is 1. The van der Waals surface area contributed by atoms with Crippen LogP contribution in [0.5, 0.6) is 5.75 Å². The van der Waals surface area contributed by atoms with Gasteiger partial charge in [0.25, 0.3) is 0 Å². The molecule has 130 valence electrons. The molecule has 8 nitrogen and oxygen atoms in total. The number of anilines is 1. The zero-order valence-electron chi connectivity index (χ0n) is 13.6. The number of aryl methyl sites for hydroxylation is 1. The van der Waals surface area contributed by atoms with Crippen LogP contribution in [0.2, 0.25) is 0 Å². The minimum Gasteiger partial charge on any atom is -0.497 e. The third-order valence-electron chi connectivity index (χ3n) is 3.27. The fraction of sp³-hybridized carbons (Fsp3) is 0.333. The molecule has 1 amide bonds. The number of nitrogens with one attached hydrogen (secondary N) is 1. The molecule has 0 aliphatic carbocycles. The molecule has 2 aromatic rings. The lowest BCUT2D eigenvalue weighted by Crippen LogP contribution is -2.37. The number of methoxy groups -OCH3 is 1.